The van der Waals surface area contributed by atoms with Crippen molar-refractivity contribution >= 4 is 5.97 Å². The standard InChI is InChI=1S/C12H17N3O2/c1-12(11(16)17)4-2-6-15(8-12)7-10-3-5-13-9-14-10/h3,5,9H,2,4,6-8H2,1H3,(H,16,17). The van der Waals surface area contributed by atoms with Crippen molar-refractivity contribution in [1.29, 1.82) is 0 Å². The maximum atomic E-state index is 11.2. The van der Waals surface area contributed by atoms with Crippen LogP contribution in [-0.4, -0.2) is 39.0 Å². The van der Waals surface area contributed by atoms with Crippen LogP contribution in [0.2, 0.25) is 0 Å². The molecule has 5 nitrogen and oxygen atoms in total. The molecule has 1 aliphatic heterocycles. The van der Waals surface area contributed by atoms with Crippen LogP contribution in [0, 0.1) is 5.41 Å². The molecule has 1 aromatic rings. The van der Waals surface area contributed by atoms with E-state index in [1.54, 1.807) is 6.20 Å². The minimum atomic E-state index is -0.704. The van der Waals surface area contributed by atoms with Crippen molar-refractivity contribution in [1.82, 2.24) is 14.9 Å². The Kier molecular flexibility index (Phi) is 3.38. The zero-order valence-electron chi connectivity index (χ0n) is 9.96. The molecule has 1 aliphatic rings. The highest BCUT2D eigenvalue weighted by molar-refractivity contribution is 5.74. The lowest BCUT2D eigenvalue weighted by atomic mass is 9.82. The summed E-state index contributed by atoms with van der Waals surface area (Å²) in [4.78, 5) is 21.4. The number of carboxylic acid groups (broad SMARTS) is 1. The lowest BCUT2D eigenvalue weighted by molar-refractivity contribution is -0.151. The maximum absolute atomic E-state index is 11.2. The summed E-state index contributed by atoms with van der Waals surface area (Å²) in [5, 5.41) is 9.23. The fourth-order valence-corrected chi connectivity index (χ4v) is 2.29. The maximum Gasteiger partial charge on any atom is 0.310 e. The van der Waals surface area contributed by atoms with Gasteiger partial charge in [0.1, 0.15) is 6.33 Å². The number of nitrogens with zero attached hydrogens (tertiary/aromatic N) is 3. The van der Waals surface area contributed by atoms with Gasteiger partial charge in [-0.1, -0.05) is 0 Å². The van der Waals surface area contributed by atoms with E-state index in [2.05, 4.69) is 14.9 Å². The second-order valence-corrected chi connectivity index (χ2v) is 4.88. The fourth-order valence-electron chi connectivity index (χ4n) is 2.29. The van der Waals surface area contributed by atoms with Gasteiger partial charge in [-0.25, -0.2) is 9.97 Å². The van der Waals surface area contributed by atoms with Crippen LogP contribution in [0.1, 0.15) is 25.5 Å². The molecule has 1 fully saturated rings. The molecule has 92 valence electrons. The first-order chi connectivity index (χ1) is 8.10. The number of aromatic nitrogens is 2. The summed E-state index contributed by atoms with van der Waals surface area (Å²) in [6, 6.07) is 1.87. The molecule has 0 radical (unpaired) electrons. The third kappa shape index (κ3) is 2.79. The highest BCUT2D eigenvalue weighted by atomic mass is 16.4. The lowest BCUT2D eigenvalue weighted by Gasteiger charge is -2.37. The largest absolute Gasteiger partial charge is 0.481 e. The van der Waals surface area contributed by atoms with Gasteiger partial charge >= 0.3 is 5.97 Å². The van der Waals surface area contributed by atoms with E-state index in [1.165, 1.54) is 6.33 Å². The Hall–Kier alpha value is -1.49. The average molecular weight is 235 g/mol. The van der Waals surface area contributed by atoms with E-state index >= 15 is 0 Å². The molecule has 0 bridgehead atoms. The molecular weight excluding hydrogens is 218 g/mol. The molecule has 0 saturated carbocycles. The normalized spacial score (nSPS) is 25.7. The topological polar surface area (TPSA) is 66.3 Å². The van der Waals surface area contributed by atoms with Gasteiger partial charge < -0.3 is 5.11 Å². The average Bonchev–Trinajstić information content (AvgIpc) is 2.30. The number of likely N-dealkylation sites (tertiary alicyclic amines) is 1. The molecule has 2 heterocycles. The third-order valence-electron chi connectivity index (χ3n) is 3.32. The van der Waals surface area contributed by atoms with E-state index in [1.807, 2.05) is 13.0 Å². The van der Waals surface area contributed by atoms with Crippen LogP contribution < -0.4 is 0 Å². The summed E-state index contributed by atoms with van der Waals surface area (Å²) >= 11 is 0. The van der Waals surface area contributed by atoms with Gasteiger partial charge in [0.2, 0.25) is 0 Å². The number of carboxylic acids is 1. The Morgan fingerprint density at radius 1 is 1.65 bits per heavy atom. The van der Waals surface area contributed by atoms with Gasteiger partial charge in [-0.3, -0.25) is 9.69 Å². The van der Waals surface area contributed by atoms with E-state index < -0.39 is 11.4 Å². The van der Waals surface area contributed by atoms with Crippen LogP contribution >= 0.6 is 0 Å². The van der Waals surface area contributed by atoms with E-state index in [-0.39, 0.29) is 0 Å². The van der Waals surface area contributed by atoms with Crippen molar-refractivity contribution in [2.24, 2.45) is 5.41 Å². The zero-order valence-corrected chi connectivity index (χ0v) is 9.96. The van der Waals surface area contributed by atoms with Crippen molar-refractivity contribution in [3.8, 4) is 0 Å². The first kappa shape index (κ1) is 12.0. The monoisotopic (exact) mass is 235 g/mol. The summed E-state index contributed by atoms with van der Waals surface area (Å²) in [6.07, 6.45) is 4.91. The summed E-state index contributed by atoms with van der Waals surface area (Å²) in [7, 11) is 0. The van der Waals surface area contributed by atoms with E-state index in [0.29, 0.717) is 13.1 Å². The zero-order chi connectivity index (χ0) is 12.3. The first-order valence-electron chi connectivity index (χ1n) is 5.81. The van der Waals surface area contributed by atoms with Gasteiger partial charge in [0, 0.05) is 19.3 Å². The Morgan fingerprint density at radius 2 is 2.47 bits per heavy atom. The van der Waals surface area contributed by atoms with Crippen LogP contribution in [0.3, 0.4) is 0 Å². The summed E-state index contributed by atoms with van der Waals surface area (Å²) in [5.41, 5.74) is 0.320. The molecule has 1 N–H and O–H groups in total. The van der Waals surface area contributed by atoms with E-state index in [4.69, 9.17) is 0 Å². The molecule has 1 atom stereocenters. The predicted molar refractivity (Wildman–Crippen MR) is 62.3 cm³/mol. The molecule has 0 aliphatic carbocycles. The number of piperidine rings is 1. The summed E-state index contributed by atoms with van der Waals surface area (Å²) < 4.78 is 0. The Morgan fingerprint density at radius 3 is 3.12 bits per heavy atom. The van der Waals surface area contributed by atoms with Gasteiger partial charge in [0.15, 0.2) is 0 Å². The van der Waals surface area contributed by atoms with Crippen LogP contribution in [-0.2, 0) is 11.3 Å². The van der Waals surface area contributed by atoms with E-state index in [9.17, 15) is 9.90 Å². The number of aliphatic carboxylic acids is 1. The second kappa shape index (κ2) is 4.79. The Labute approximate surface area is 100 Å². The molecule has 1 saturated heterocycles. The highest BCUT2D eigenvalue weighted by Crippen LogP contribution is 2.30. The molecule has 0 amide bonds. The predicted octanol–water partition coefficient (Wildman–Crippen LogP) is 1.16. The van der Waals surface area contributed by atoms with Crippen LogP contribution in [0.25, 0.3) is 0 Å². The second-order valence-electron chi connectivity index (χ2n) is 4.88. The van der Waals surface area contributed by atoms with Gasteiger partial charge in [0.25, 0.3) is 0 Å². The molecule has 0 aromatic carbocycles. The quantitative estimate of drug-likeness (QED) is 0.851. The van der Waals surface area contributed by atoms with Crippen LogP contribution in [0.15, 0.2) is 18.6 Å². The third-order valence-corrected chi connectivity index (χ3v) is 3.32. The van der Waals surface area contributed by atoms with Gasteiger partial charge in [-0.05, 0) is 32.4 Å². The first-order valence-corrected chi connectivity index (χ1v) is 5.81. The van der Waals surface area contributed by atoms with Crippen LogP contribution in [0.4, 0.5) is 0 Å². The van der Waals surface area contributed by atoms with Crippen molar-refractivity contribution < 1.29 is 9.90 Å². The number of carbonyl (C=O) groups is 1. The number of hydrogen-bond acceptors (Lipinski definition) is 4. The SMILES string of the molecule is CC1(C(=O)O)CCCN(Cc2ccncn2)C1. The molecule has 1 unspecified atom stereocenters. The van der Waals surface area contributed by atoms with Gasteiger partial charge in [-0.15, -0.1) is 0 Å². The molecule has 5 heteroatoms. The van der Waals surface area contributed by atoms with Crippen molar-refractivity contribution in [3.05, 3.63) is 24.3 Å². The van der Waals surface area contributed by atoms with Crippen LogP contribution in [0.5, 0.6) is 0 Å². The highest BCUT2D eigenvalue weighted by Gasteiger charge is 2.37. The number of hydrogen-bond donors (Lipinski definition) is 1. The molecule has 1 aromatic heterocycles. The minimum absolute atomic E-state index is 0.590. The smallest absolute Gasteiger partial charge is 0.310 e. The van der Waals surface area contributed by atoms with Gasteiger partial charge in [-0.2, -0.15) is 0 Å². The van der Waals surface area contributed by atoms with Crippen molar-refractivity contribution in [2.45, 2.75) is 26.3 Å². The lowest BCUT2D eigenvalue weighted by Crippen LogP contribution is -2.45. The fraction of sp³-hybridized carbons (Fsp3) is 0.583. The number of rotatable bonds is 3. The van der Waals surface area contributed by atoms with Crippen molar-refractivity contribution in [2.75, 3.05) is 13.1 Å². The molecule has 2 rings (SSSR count). The molecule has 17 heavy (non-hydrogen) atoms. The Bertz CT molecular complexity index is 396. The summed E-state index contributed by atoms with van der Waals surface area (Å²) in [6.45, 7) is 4.05. The Balaban J connectivity index is 2.01. The molecular formula is C12H17N3O2. The van der Waals surface area contributed by atoms with E-state index in [0.717, 1.165) is 25.1 Å². The van der Waals surface area contributed by atoms with Crippen molar-refractivity contribution in [3.63, 3.8) is 0 Å². The van der Waals surface area contributed by atoms with Gasteiger partial charge in [0.05, 0.1) is 11.1 Å². The summed E-state index contributed by atoms with van der Waals surface area (Å²) in [5.74, 6) is -0.704. The molecule has 0 spiro atoms. The minimum Gasteiger partial charge on any atom is -0.481 e.